The van der Waals surface area contributed by atoms with Crippen LogP contribution in [0.15, 0.2) is 18.2 Å². The van der Waals surface area contributed by atoms with Gasteiger partial charge in [-0.25, -0.2) is 0 Å². The Hall–Kier alpha value is -1.75. The van der Waals surface area contributed by atoms with Gasteiger partial charge in [0.25, 0.3) is 5.91 Å². The maximum Gasteiger partial charge on any atom is 0.250 e. The summed E-state index contributed by atoms with van der Waals surface area (Å²) in [6, 6.07) is 5.20. The molecule has 1 saturated heterocycles. The lowest BCUT2D eigenvalue weighted by Crippen LogP contribution is -2.35. The number of carbonyl (C=O) groups is 1. The predicted molar refractivity (Wildman–Crippen MR) is 66.8 cm³/mol. The van der Waals surface area contributed by atoms with Gasteiger partial charge in [-0.1, -0.05) is 0 Å². The number of hydrogen-bond acceptors (Lipinski definition) is 4. The van der Waals surface area contributed by atoms with Crippen LogP contribution in [0.5, 0.6) is 0 Å². The summed E-state index contributed by atoms with van der Waals surface area (Å²) in [5.41, 5.74) is 12.4. The first-order valence-electron chi connectivity index (χ1n) is 5.55. The molecule has 5 heteroatoms. The monoisotopic (exact) mass is 235 g/mol. The zero-order valence-corrected chi connectivity index (χ0v) is 9.82. The molecule has 5 N–H and O–H groups in total. The van der Waals surface area contributed by atoms with Crippen LogP contribution in [0.2, 0.25) is 0 Å². The fourth-order valence-corrected chi connectivity index (χ4v) is 1.96. The number of carbonyl (C=O) groups excluding carboxylic acids is 1. The zero-order chi connectivity index (χ0) is 12.5. The van der Waals surface area contributed by atoms with Crippen molar-refractivity contribution < 1.29 is 9.53 Å². The molecule has 0 aromatic heterocycles. The van der Waals surface area contributed by atoms with Gasteiger partial charge in [-0.3, -0.25) is 4.79 Å². The molecule has 0 saturated carbocycles. The Morgan fingerprint density at radius 3 is 2.88 bits per heavy atom. The normalized spacial score (nSPS) is 23.6. The maximum absolute atomic E-state index is 11.2. The number of anilines is 2. The third-order valence-electron chi connectivity index (χ3n) is 2.98. The van der Waals surface area contributed by atoms with Gasteiger partial charge < -0.3 is 21.5 Å². The van der Waals surface area contributed by atoms with Gasteiger partial charge in [-0.2, -0.15) is 0 Å². The van der Waals surface area contributed by atoms with Crippen LogP contribution in [0.3, 0.4) is 0 Å². The number of amides is 1. The number of benzene rings is 1. The van der Waals surface area contributed by atoms with E-state index in [0.29, 0.717) is 17.9 Å². The number of ether oxygens (including phenoxy) is 1. The van der Waals surface area contributed by atoms with Gasteiger partial charge in [0.15, 0.2) is 0 Å². The number of nitrogens with one attached hydrogen (secondary N) is 1. The van der Waals surface area contributed by atoms with E-state index in [2.05, 4.69) is 12.2 Å². The fraction of sp³-hybridized carbons (Fsp3) is 0.417. The SMILES string of the molecule is CC1(Nc2ccc(N)c(C(N)=O)c2)CCOC1. The summed E-state index contributed by atoms with van der Waals surface area (Å²) < 4.78 is 5.35. The smallest absolute Gasteiger partial charge is 0.250 e. The van der Waals surface area contributed by atoms with E-state index >= 15 is 0 Å². The van der Waals surface area contributed by atoms with Crippen LogP contribution in [0.4, 0.5) is 11.4 Å². The molecule has 1 heterocycles. The van der Waals surface area contributed by atoms with Crippen LogP contribution in [-0.2, 0) is 4.74 Å². The number of nitrogen functional groups attached to an aromatic ring is 1. The van der Waals surface area contributed by atoms with Gasteiger partial charge in [-0.15, -0.1) is 0 Å². The van der Waals surface area contributed by atoms with Gasteiger partial charge in [0.05, 0.1) is 17.7 Å². The Kier molecular flexibility index (Phi) is 2.93. The molecule has 5 nitrogen and oxygen atoms in total. The van der Waals surface area contributed by atoms with E-state index in [1.54, 1.807) is 12.1 Å². The molecule has 17 heavy (non-hydrogen) atoms. The summed E-state index contributed by atoms with van der Waals surface area (Å²) in [5, 5.41) is 3.35. The Morgan fingerprint density at radius 2 is 2.29 bits per heavy atom. The van der Waals surface area contributed by atoms with Crippen molar-refractivity contribution in [1.29, 1.82) is 0 Å². The highest BCUT2D eigenvalue weighted by Gasteiger charge is 2.29. The molecule has 1 fully saturated rings. The van der Waals surface area contributed by atoms with E-state index in [-0.39, 0.29) is 5.54 Å². The fourth-order valence-electron chi connectivity index (χ4n) is 1.96. The Labute approximate surface area is 100 Å². The topological polar surface area (TPSA) is 90.4 Å². The van der Waals surface area contributed by atoms with E-state index in [1.807, 2.05) is 6.07 Å². The Balaban J connectivity index is 2.22. The molecule has 1 aliphatic rings. The molecule has 92 valence electrons. The highest BCUT2D eigenvalue weighted by molar-refractivity contribution is 5.98. The van der Waals surface area contributed by atoms with Crippen LogP contribution < -0.4 is 16.8 Å². The molecule has 0 aliphatic carbocycles. The van der Waals surface area contributed by atoms with Crippen LogP contribution >= 0.6 is 0 Å². The first-order valence-corrected chi connectivity index (χ1v) is 5.55. The minimum absolute atomic E-state index is 0.0922. The summed E-state index contributed by atoms with van der Waals surface area (Å²) in [7, 11) is 0. The highest BCUT2D eigenvalue weighted by Crippen LogP contribution is 2.25. The van der Waals surface area contributed by atoms with E-state index in [4.69, 9.17) is 16.2 Å². The maximum atomic E-state index is 11.2. The van der Waals surface area contributed by atoms with Crippen molar-refractivity contribution in [1.82, 2.24) is 0 Å². The summed E-state index contributed by atoms with van der Waals surface area (Å²) >= 11 is 0. The molecule has 1 aromatic rings. The predicted octanol–water partition coefficient (Wildman–Crippen LogP) is 0.959. The van der Waals surface area contributed by atoms with Gasteiger partial charge in [0.1, 0.15) is 0 Å². The van der Waals surface area contributed by atoms with Gasteiger partial charge in [-0.05, 0) is 31.5 Å². The molecule has 1 unspecified atom stereocenters. The van der Waals surface area contributed by atoms with E-state index in [1.165, 1.54) is 0 Å². The minimum atomic E-state index is -0.515. The van der Waals surface area contributed by atoms with Crippen molar-refractivity contribution in [3.63, 3.8) is 0 Å². The number of rotatable bonds is 3. The van der Waals surface area contributed by atoms with Crippen molar-refractivity contribution >= 4 is 17.3 Å². The molecular weight excluding hydrogens is 218 g/mol. The molecule has 1 amide bonds. The number of hydrogen-bond donors (Lipinski definition) is 3. The first kappa shape index (κ1) is 11.7. The summed E-state index contributed by atoms with van der Waals surface area (Å²) in [4.78, 5) is 11.2. The molecular formula is C12H17N3O2. The molecule has 1 aromatic carbocycles. The third-order valence-corrected chi connectivity index (χ3v) is 2.98. The number of primary amides is 1. The van der Waals surface area contributed by atoms with Gasteiger partial charge in [0, 0.05) is 18.0 Å². The van der Waals surface area contributed by atoms with Crippen LogP contribution in [0.1, 0.15) is 23.7 Å². The average Bonchev–Trinajstić information content (AvgIpc) is 2.67. The second-order valence-corrected chi connectivity index (χ2v) is 4.65. The van der Waals surface area contributed by atoms with E-state index < -0.39 is 5.91 Å². The van der Waals surface area contributed by atoms with Crippen LogP contribution in [0, 0.1) is 0 Å². The second kappa shape index (κ2) is 4.25. The van der Waals surface area contributed by atoms with Crippen LogP contribution in [0.25, 0.3) is 0 Å². The average molecular weight is 235 g/mol. The Bertz CT molecular complexity index is 439. The van der Waals surface area contributed by atoms with E-state index in [0.717, 1.165) is 18.7 Å². The van der Waals surface area contributed by atoms with E-state index in [9.17, 15) is 4.79 Å². The zero-order valence-electron chi connectivity index (χ0n) is 9.82. The van der Waals surface area contributed by atoms with Crippen molar-refractivity contribution in [3.8, 4) is 0 Å². The van der Waals surface area contributed by atoms with Gasteiger partial charge >= 0.3 is 0 Å². The summed E-state index contributed by atoms with van der Waals surface area (Å²) in [6.07, 6.45) is 0.934. The lowest BCUT2D eigenvalue weighted by Gasteiger charge is -2.25. The number of nitrogens with two attached hydrogens (primary N) is 2. The van der Waals surface area contributed by atoms with Gasteiger partial charge in [0.2, 0.25) is 0 Å². The largest absolute Gasteiger partial charge is 0.398 e. The van der Waals surface area contributed by atoms with Crippen molar-refractivity contribution in [3.05, 3.63) is 23.8 Å². The molecule has 0 spiro atoms. The highest BCUT2D eigenvalue weighted by atomic mass is 16.5. The molecule has 1 atom stereocenters. The summed E-state index contributed by atoms with van der Waals surface area (Å²) in [6.45, 7) is 3.49. The molecule has 2 rings (SSSR count). The lowest BCUT2D eigenvalue weighted by atomic mass is 10.0. The quantitative estimate of drug-likeness (QED) is 0.680. The minimum Gasteiger partial charge on any atom is -0.398 e. The van der Waals surface area contributed by atoms with Crippen molar-refractivity contribution in [2.45, 2.75) is 18.9 Å². The van der Waals surface area contributed by atoms with Crippen molar-refractivity contribution in [2.24, 2.45) is 5.73 Å². The van der Waals surface area contributed by atoms with Crippen molar-refractivity contribution in [2.75, 3.05) is 24.3 Å². The lowest BCUT2D eigenvalue weighted by molar-refractivity contribution is 0.100. The third kappa shape index (κ3) is 2.50. The van der Waals surface area contributed by atoms with Crippen LogP contribution in [-0.4, -0.2) is 24.7 Å². The molecule has 1 aliphatic heterocycles. The Morgan fingerprint density at radius 1 is 1.53 bits per heavy atom. The molecule has 0 radical (unpaired) electrons. The standard InChI is InChI=1S/C12H17N3O2/c1-12(4-5-17-7-12)15-8-2-3-10(13)9(6-8)11(14)16/h2-3,6,15H,4-5,7,13H2,1H3,(H2,14,16). The summed E-state index contributed by atoms with van der Waals surface area (Å²) in [5.74, 6) is -0.515. The first-order chi connectivity index (χ1) is 8.00. The second-order valence-electron chi connectivity index (χ2n) is 4.65. The molecule has 0 bridgehead atoms.